The second-order valence-electron chi connectivity index (χ2n) is 6.30. The van der Waals surface area contributed by atoms with Gasteiger partial charge in [0, 0.05) is 11.1 Å². The summed E-state index contributed by atoms with van der Waals surface area (Å²) < 4.78 is 6.63. The van der Waals surface area contributed by atoms with Gasteiger partial charge in [-0.15, -0.1) is 11.3 Å². The number of carbonyl (C=O) groups is 1. The monoisotopic (exact) mass is 401 g/mol. The normalized spacial score (nSPS) is 10.6. The van der Waals surface area contributed by atoms with E-state index in [1.807, 2.05) is 84.9 Å². The number of para-hydroxylation sites is 1. The van der Waals surface area contributed by atoms with E-state index < -0.39 is 0 Å². The summed E-state index contributed by atoms with van der Waals surface area (Å²) in [5.41, 5.74) is 6.09. The summed E-state index contributed by atoms with van der Waals surface area (Å²) in [5.74, 6) is -0.310. The minimum Gasteiger partial charge on any atom is -0.364 e. The lowest BCUT2D eigenvalue weighted by atomic mass is 10.0. The number of carbonyl (C=O) groups excluding carboxylic acids is 1. The smallest absolute Gasteiger partial charge is 0.266 e. The number of rotatable bonds is 7. The predicted molar refractivity (Wildman–Crippen MR) is 116 cm³/mol. The molecule has 0 saturated heterocycles. The minimum absolute atomic E-state index is 0.0870. The molecule has 1 amide bonds. The topological polar surface area (TPSA) is 63.6 Å². The number of ether oxygens (including phenoxy) is 1. The molecule has 0 fully saturated rings. The number of amides is 1. The van der Waals surface area contributed by atoms with E-state index in [1.54, 1.807) is 11.3 Å². The fourth-order valence-corrected chi connectivity index (χ4v) is 3.76. The molecule has 144 valence electrons. The Kier molecular flexibility index (Phi) is 6.04. The van der Waals surface area contributed by atoms with Crippen LogP contribution in [0, 0.1) is 0 Å². The quantitative estimate of drug-likeness (QED) is 0.369. The van der Waals surface area contributed by atoms with Crippen molar-refractivity contribution in [2.45, 2.75) is 6.61 Å². The molecule has 1 aromatic heterocycles. The molecule has 1 heterocycles. The average molecular weight is 401 g/mol. The van der Waals surface area contributed by atoms with Crippen LogP contribution in [-0.2, 0) is 16.1 Å². The number of nitrogens with one attached hydrogen (secondary N) is 1. The lowest BCUT2D eigenvalue weighted by Gasteiger charge is -2.08. The van der Waals surface area contributed by atoms with Crippen molar-refractivity contribution in [1.29, 1.82) is 0 Å². The van der Waals surface area contributed by atoms with Gasteiger partial charge in [-0.1, -0.05) is 72.8 Å². The van der Waals surface area contributed by atoms with E-state index in [0.29, 0.717) is 12.3 Å². The van der Waals surface area contributed by atoms with E-state index >= 15 is 0 Å². The molecule has 0 radical (unpaired) electrons. The van der Waals surface area contributed by atoms with Crippen LogP contribution in [0.2, 0.25) is 0 Å². The van der Waals surface area contributed by atoms with Crippen molar-refractivity contribution in [2.24, 2.45) is 5.10 Å². The first-order valence-corrected chi connectivity index (χ1v) is 10.0. The van der Waals surface area contributed by atoms with E-state index in [2.05, 4.69) is 15.5 Å². The molecule has 0 atom stereocenters. The summed E-state index contributed by atoms with van der Waals surface area (Å²) in [5, 5.41) is 5.19. The molecule has 0 aliphatic rings. The number of hydrogen-bond donors (Lipinski definition) is 1. The van der Waals surface area contributed by atoms with Gasteiger partial charge in [0.15, 0.2) is 0 Å². The maximum Gasteiger partial charge on any atom is 0.266 e. The first-order chi connectivity index (χ1) is 14.3. The number of nitrogens with zero attached hydrogens (tertiary/aromatic N) is 2. The number of fused-ring (bicyclic) bond motifs is 1. The minimum atomic E-state index is -0.310. The Morgan fingerprint density at radius 2 is 1.52 bits per heavy atom. The highest BCUT2D eigenvalue weighted by atomic mass is 32.1. The van der Waals surface area contributed by atoms with E-state index in [1.165, 1.54) is 0 Å². The van der Waals surface area contributed by atoms with Gasteiger partial charge < -0.3 is 4.74 Å². The molecule has 4 aromatic rings. The highest BCUT2D eigenvalue weighted by Gasteiger charge is 2.09. The molecule has 6 heteroatoms. The first kappa shape index (κ1) is 19.0. The maximum atomic E-state index is 12.2. The Hall–Kier alpha value is -3.35. The number of hydrogen-bond acceptors (Lipinski definition) is 5. The van der Waals surface area contributed by atoms with Crippen LogP contribution in [0.4, 0.5) is 0 Å². The molecule has 29 heavy (non-hydrogen) atoms. The zero-order valence-corrected chi connectivity index (χ0v) is 16.4. The van der Waals surface area contributed by atoms with Crippen LogP contribution in [0.1, 0.15) is 16.1 Å². The Balaban J connectivity index is 1.38. The first-order valence-electron chi connectivity index (χ1n) is 9.19. The molecular formula is C23H19N3O2S. The van der Waals surface area contributed by atoms with Crippen molar-refractivity contribution < 1.29 is 9.53 Å². The predicted octanol–water partition coefficient (Wildman–Crippen LogP) is 4.38. The summed E-state index contributed by atoms with van der Waals surface area (Å²) in [4.78, 5) is 16.7. The Bertz CT molecular complexity index is 1050. The Morgan fingerprint density at radius 3 is 2.17 bits per heavy atom. The Morgan fingerprint density at radius 1 is 0.897 bits per heavy atom. The molecule has 0 bridgehead atoms. The Labute approximate surface area is 172 Å². The molecule has 0 unspecified atom stereocenters. The third-order valence-electron chi connectivity index (χ3n) is 4.18. The number of thiazole rings is 1. The van der Waals surface area contributed by atoms with Crippen LogP contribution < -0.4 is 5.43 Å². The largest absolute Gasteiger partial charge is 0.364 e. The van der Waals surface area contributed by atoms with Crippen molar-refractivity contribution in [2.75, 3.05) is 6.61 Å². The standard InChI is InChI=1S/C23H19N3O2S/c27-21(15-28-16-22-24-19-13-7-8-14-20(19)29-22)25-26-23(17-9-3-1-4-10-17)18-11-5-2-6-12-18/h1-14H,15-16H2,(H,25,27). The summed E-state index contributed by atoms with van der Waals surface area (Å²) in [6.07, 6.45) is 0. The van der Waals surface area contributed by atoms with E-state index in [9.17, 15) is 4.79 Å². The van der Waals surface area contributed by atoms with Crippen molar-refractivity contribution in [3.05, 3.63) is 101 Å². The van der Waals surface area contributed by atoms with Gasteiger partial charge in [0.1, 0.15) is 11.6 Å². The van der Waals surface area contributed by atoms with Gasteiger partial charge in [-0.3, -0.25) is 4.79 Å². The maximum absolute atomic E-state index is 12.2. The zero-order chi connectivity index (χ0) is 19.9. The van der Waals surface area contributed by atoms with Crippen molar-refractivity contribution in [3.8, 4) is 0 Å². The molecule has 0 saturated carbocycles. The fourth-order valence-electron chi connectivity index (χ4n) is 2.85. The molecule has 4 rings (SSSR count). The third-order valence-corrected chi connectivity index (χ3v) is 5.19. The second-order valence-corrected chi connectivity index (χ2v) is 7.41. The summed E-state index contributed by atoms with van der Waals surface area (Å²) in [6.45, 7) is 0.205. The van der Waals surface area contributed by atoms with E-state index in [4.69, 9.17) is 4.74 Å². The molecule has 3 aromatic carbocycles. The molecular weight excluding hydrogens is 382 g/mol. The summed E-state index contributed by atoms with van der Waals surface area (Å²) in [7, 11) is 0. The van der Waals surface area contributed by atoms with Gasteiger partial charge in [-0.05, 0) is 12.1 Å². The summed E-state index contributed by atoms with van der Waals surface area (Å²) in [6, 6.07) is 27.4. The average Bonchev–Trinajstić information content (AvgIpc) is 3.18. The summed E-state index contributed by atoms with van der Waals surface area (Å²) >= 11 is 1.57. The van der Waals surface area contributed by atoms with Crippen molar-refractivity contribution in [1.82, 2.24) is 10.4 Å². The number of aromatic nitrogens is 1. The molecule has 0 aliphatic heterocycles. The number of hydrazone groups is 1. The lowest BCUT2D eigenvalue weighted by Crippen LogP contribution is -2.24. The lowest BCUT2D eigenvalue weighted by molar-refractivity contribution is -0.126. The highest BCUT2D eigenvalue weighted by molar-refractivity contribution is 7.18. The number of benzene rings is 3. The molecule has 1 N–H and O–H groups in total. The van der Waals surface area contributed by atoms with Crippen LogP contribution in [-0.4, -0.2) is 23.2 Å². The van der Waals surface area contributed by atoms with Crippen LogP contribution >= 0.6 is 11.3 Å². The molecule has 0 aliphatic carbocycles. The van der Waals surface area contributed by atoms with Crippen molar-refractivity contribution in [3.63, 3.8) is 0 Å². The SMILES string of the molecule is O=C(COCc1nc2ccccc2s1)NN=C(c1ccccc1)c1ccccc1. The van der Waals surface area contributed by atoms with E-state index in [-0.39, 0.29) is 12.5 Å². The molecule has 0 spiro atoms. The van der Waals surface area contributed by atoms with Crippen LogP contribution in [0.25, 0.3) is 10.2 Å². The zero-order valence-electron chi connectivity index (χ0n) is 15.6. The third kappa shape index (κ3) is 4.93. The van der Waals surface area contributed by atoms with Crippen LogP contribution in [0.3, 0.4) is 0 Å². The second kappa shape index (κ2) is 9.23. The van der Waals surface area contributed by atoms with Crippen LogP contribution in [0.15, 0.2) is 90.0 Å². The van der Waals surface area contributed by atoms with Gasteiger partial charge >= 0.3 is 0 Å². The van der Waals surface area contributed by atoms with Crippen LogP contribution in [0.5, 0.6) is 0 Å². The van der Waals surface area contributed by atoms with E-state index in [0.717, 1.165) is 26.4 Å². The highest BCUT2D eigenvalue weighted by Crippen LogP contribution is 2.21. The fraction of sp³-hybridized carbons (Fsp3) is 0.0870. The van der Waals surface area contributed by atoms with Gasteiger partial charge in [0.2, 0.25) is 0 Å². The van der Waals surface area contributed by atoms with Crippen molar-refractivity contribution >= 4 is 33.2 Å². The van der Waals surface area contributed by atoms with Gasteiger partial charge in [-0.25, -0.2) is 10.4 Å². The van der Waals surface area contributed by atoms with Gasteiger partial charge in [-0.2, -0.15) is 5.10 Å². The van der Waals surface area contributed by atoms with Gasteiger partial charge in [0.05, 0.1) is 22.5 Å². The molecule has 5 nitrogen and oxygen atoms in total. The van der Waals surface area contributed by atoms with Gasteiger partial charge in [0.25, 0.3) is 5.91 Å².